The highest BCUT2D eigenvalue weighted by Gasteiger charge is 2.15. The molecule has 0 aliphatic carbocycles. The molecule has 0 saturated carbocycles. The molecule has 0 aliphatic rings. The van der Waals surface area contributed by atoms with Gasteiger partial charge in [0, 0.05) is 16.6 Å². The topological polar surface area (TPSA) is 68.1 Å². The second-order valence-electron chi connectivity index (χ2n) is 4.09. The summed E-state index contributed by atoms with van der Waals surface area (Å²) in [5.74, 6) is 0. The zero-order valence-electron chi connectivity index (χ0n) is 10.4. The van der Waals surface area contributed by atoms with Crippen molar-refractivity contribution in [3.8, 4) is 0 Å². The maximum atomic E-state index is 10.7. The van der Waals surface area contributed by atoms with E-state index in [2.05, 4.69) is 10.3 Å². The number of anilines is 1. The Morgan fingerprint density at radius 2 is 2.26 bits per heavy atom. The van der Waals surface area contributed by atoms with Gasteiger partial charge in [0.25, 0.3) is 5.69 Å². The summed E-state index contributed by atoms with van der Waals surface area (Å²) in [5.41, 5.74) is 3.44. The third kappa shape index (κ3) is 3.02. The number of rotatable bonds is 4. The first-order valence-corrected chi connectivity index (χ1v) is 6.85. The summed E-state index contributed by atoms with van der Waals surface area (Å²) in [7, 11) is 0. The molecule has 1 heterocycles. The summed E-state index contributed by atoms with van der Waals surface area (Å²) in [6, 6.07) is 4.69. The van der Waals surface area contributed by atoms with Gasteiger partial charge in [-0.2, -0.15) is 0 Å². The predicted octanol–water partition coefficient (Wildman–Crippen LogP) is 4.19. The normalized spacial score (nSPS) is 12.2. The van der Waals surface area contributed by atoms with Gasteiger partial charge >= 0.3 is 0 Å². The number of nitro groups is 1. The second kappa shape index (κ2) is 5.54. The monoisotopic (exact) mass is 297 g/mol. The van der Waals surface area contributed by atoms with Crippen LogP contribution in [0.3, 0.4) is 0 Å². The van der Waals surface area contributed by atoms with Crippen molar-refractivity contribution in [2.45, 2.75) is 19.9 Å². The smallest absolute Gasteiger partial charge is 0.288 e. The molecule has 7 heteroatoms. The number of hydrogen-bond acceptors (Lipinski definition) is 5. The molecular formula is C12H12ClN3O2S. The molecule has 0 saturated heterocycles. The van der Waals surface area contributed by atoms with Crippen LogP contribution in [0.2, 0.25) is 5.02 Å². The molecule has 0 bridgehead atoms. The molecule has 19 heavy (non-hydrogen) atoms. The fourth-order valence-corrected chi connectivity index (χ4v) is 2.85. The molecule has 2 aromatic rings. The van der Waals surface area contributed by atoms with E-state index in [1.54, 1.807) is 29.0 Å². The minimum absolute atomic E-state index is 0.0741. The molecule has 100 valence electrons. The van der Waals surface area contributed by atoms with E-state index in [4.69, 9.17) is 11.6 Å². The molecule has 1 atom stereocenters. The van der Waals surface area contributed by atoms with Gasteiger partial charge < -0.3 is 5.32 Å². The average Bonchev–Trinajstić information content (AvgIpc) is 2.75. The molecule has 1 N–H and O–H groups in total. The van der Waals surface area contributed by atoms with Crippen molar-refractivity contribution >= 4 is 34.3 Å². The summed E-state index contributed by atoms with van der Waals surface area (Å²) < 4.78 is 0. The molecule has 2 rings (SSSR count). The number of halogens is 1. The largest absolute Gasteiger partial charge is 0.378 e. The molecule has 5 nitrogen and oxygen atoms in total. The third-order valence-electron chi connectivity index (χ3n) is 2.70. The molecule has 0 aliphatic heterocycles. The Hall–Kier alpha value is -1.66. The van der Waals surface area contributed by atoms with Crippen LogP contribution in [-0.2, 0) is 0 Å². The van der Waals surface area contributed by atoms with Crippen LogP contribution in [0.25, 0.3) is 0 Å². The first kappa shape index (κ1) is 13.8. The van der Waals surface area contributed by atoms with E-state index in [1.807, 2.05) is 13.8 Å². The molecule has 1 aromatic carbocycles. The fraction of sp³-hybridized carbons (Fsp3) is 0.250. The zero-order valence-corrected chi connectivity index (χ0v) is 12.0. The van der Waals surface area contributed by atoms with Gasteiger partial charge in [0.05, 0.1) is 22.2 Å². The quantitative estimate of drug-likeness (QED) is 0.679. The van der Waals surface area contributed by atoms with Gasteiger partial charge in [-0.15, -0.1) is 11.3 Å². The van der Waals surface area contributed by atoms with Crippen molar-refractivity contribution in [3.63, 3.8) is 0 Å². The summed E-state index contributed by atoms with van der Waals surface area (Å²) in [6.07, 6.45) is 0. The number of aromatic nitrogens is 1. The van der Waals surface area contributed by atoms with E-state index in [9.17, 15) is 10.1 Å². The van der Waals surface area contributed by atoms with Crippen molar-refractivity contribution in [1.82, 2.24) is 4.98 Å². The highest BCUT2D eigenvalue weighted by molar-refractivity contribution is 7.09. The van der Waals surface area contributed by atoms with Gasteiger partial charge in [0.2, 0.25) is 0 Å². The minimum Gasteiger partial charge on any atom is -0.378 e. The summed E-state index contributed by atoms with van der Waals surface area (Å²) in [4.78, 5) is 15.5. The lowest BCUT2D eigenvalue weighted by molar-refractivity contribution is -0.384. The van der Waals surface area contributed by atoms with Crippen LogP contribution in [0.5, 0.6) is 0 Å². The standard InChI is InChI=1S/C12H12ClN3O2S/c1-7-12(19-6-14-7)8(2)15-9-3-4-11(16(17)18)10(13)5-9/h3-6,8,15H,1-2H3. The van der Waals surface area contributed by atoms with Crippen LogP contribution in [0.1, 0.15) is 23.5 Å². The Morgan fingerprint density at radius 1 is 1.53 bits per heavy atom. The molecule has 0 fully saturated rings. The van der Waals surface area contributed by atoms with E-state index in [0.29, 0.717) is 0 Å². The lowest BCUT2D eigenvalue weighted by Gasteiger charge is -2.14. The van der Waals surface area contributed by atoms with Crippen molar-refractivity contribution in [3.05, 3.63) is 49.4 Å². The van der Waals surface area contributed by atoms with E-state index >= 15 is 0 Å². The number of benzene rings is 1. The van der Waals surface area contributed by atoms with Gasteiger partial charge in [-0.25, -0.2) is 4.98 Å². The molecule has 1 unspecified atom stereocenters. The lowest BCUT2D eigenvalue weighted by atomic mass is 10.2. The number of thiazole rings is 1. The highest BCUT2D eigenvalue weighted by atomic mass is 35.5. The Labute approximate surface area is 119 Å². The van der Waals surface area contributed by atoms with Crippen LogP contribution in [0.15, 0.2) is 23.7 Å². The van der Waals surface area contributed by atoms with Crippen molar-refractivity contribution in [1.29, 1.82) is 0 Å². The van der Waals surface area contributed by atoms with Gasteiger partial charge in [-0.05, 0) is 26.0 Å². The fourth-order valence-electron chi connectivity index (χ4n) is 1.79. The van der Waals surface area contributed by atoms with Crippen molar-refractivity contribution in [2.24, 2.45) is 0 Å². The maximum Gasteiger partial charge on any atom is 0.288 e. The van der Waals surface area contributed by atoms with Crippen LogP contribution < -0.4 is 5.32 Å². The van der Waals surface area contributed by atoms with Gasteiger partial charge in [-0.1, -0.05) is 11.6 Å². The van der Waals surface area contributed by atoms with Gasteiger partial charge in [0.15, 0.2) is 0 Å². The number of nitrogens with one attached hydrogen (secondary N) is 1. The number of nitrogens with zero attached hydrogens (tertiary/aromatic N) is 2. The molecule has 0 amide bonds. The Balaban J connectivity index is 2.18. The molecule has 0 spiro atoms. The summed E-state index contributed by atoms with van der Waals surface area (Å²) in [6.45, 7) is 3.96. The Morgan fingerprint density at radius 3 is 2.79 bits per heavy atom. The Bertz CT molecular complexity index is 615. The van der Waals surface area contributed by atoms with E-state index < -0.39 is 4.92 Å². The van der Waals surface area contributed by atoms with E-state index in [1.165, 1.54) is 6.07 Å². The first-order valence-electron chi connectivity index (χ1n) is 5.59. The summed E-state index contributed by atoms with van der Waals surface area (Å²) in [5, 5.41) is 14.1. The highest BCUT2D eigenvalue weighted by Crippen LogP contribution is 2.30. The number of aryl methyl sites for hydroxylation is 1. The maximum absolute atomic E-state index is 10.7. The third-order valence-corrected chi connectivity index (χ3v) is 4.12. The Kier molecular flexibility index (Phi) is 4.01. The second-order valence-corrected chi connectivity index (χ2v) is 5.38. The van der Waals surface area contributed by atoms with E-state index in [-0.39, 0.29) is 16.8 Å². The van der Waals surface area contributed by atoms with Crippen LogP contribution >= 0.6 is 22.9 Å². The SMILES string of the molecule is Cc1ncsc1C(C)Nc1ccc([N+](=O)[O-])c(Cl)c1. The zero-order chi connectivity index (χ0) is 14.0. The first-order chi connectivity index (χ1) is 8.99. The minimum atomic E-state index is -0.497. The van der Waals surface area contributed by atoms with Gasteiger partial charge in [-0.3, -0.25) is 10.1 Å². The molecule has 1 aromatic heterocycles. The summed E-state index contributed by atoms with van der Waals surface area (Å²) >= 11 is 7.45. The van der Waals surface area contributed by atoms with Crippen LogP contribution in [0.4, 0.5) is 11.4 Å². The lowest BCUT2D eigenvalue weighted by Crippen LogP contribution is -2.06. The predicted molar refractivity (Wildman–Crippen MR) is 77.0 cm³/mol. The van der Waals surface area contributed by atoms with Gasteiger partial charge in [0.1, 0.15) is 5.02 Å². The number of nitro benzene ring substituents is 1. The average molecular weight is 298 g/mol. The van der Waals surface area contributed by atoms with Crippen molar-refractivity contribution in [2.75, 3.05) is 5.32 Å². The van der Waals surface area contributed by atoms with E-state index in [0.717, 1.165) is 16.3 Å². The van der Waals surface area contributed by atoms with Crippen LogP contribution in [0, 0.1) is 17.0 Å². The number of hydrogen-bond donors (Lipinski definition) is 1. The molecular weight excluding hydrogens is 286 g/mol. The van der Waals surface area contributed by atoms with Crippen molar-refractivity contribution < 1.29 is 4.92 Å². The molecule has 0 radical (unpaired) electrons. The van der Waals surface area contributed by atoms with Crippen LogP contribution in [-0.4, -0.2) is 9.91 Å².